The van der Waals surface area contributed by atoms with Gasteiger partial charge in [-0.05, 0) is 57.1 Å². The molecule has 1 fully saturated rings. The highest BCUT2D eigenvalue weighted by molar-refractivity contribution is 5.63. The highest BCUT2D eigenvalue weighted by Crippen LogP contribution is 2.30. The fourth-order valence-corrected chi connectivity index (χ4v) is 4.23. The Morgan fingerprint density at radius 3 is 2.62 bits per heavy atom. The number of H-pyrrole nitrogens is 1. The lowest BCUT2D eigenvalue weighted by Gasteiger charge is -2.32. The molecule has 3 aromatic rings. The van der Waals surface area contributed by atoms with Crippen molar-refractivity contribution in [2.75, 3.05) is 26.8 Å². The predicted molar refractivity (Wildman–Crippen MR) is 112 cm³/mol. The van der Waals surface area contributed by atoms with Crippen LogP contribution >= 0.6 is 0 Å². The van der Waals surface area contributed by atoms with Gasteiger partial charge in [-0.25, -0.2) is 4.98 Å². The molecule has 1 aliphatic rings. The Balaban J connectivity index is 1.40. The highest BCUT2D eigenvalue weighted by Gasteiger charge is 2.25. The van der Waals surface area contributed by atoms with Gasteiger partial charge in [-0.3, -0.25) is 10.00 Å². The van der Waals surface area contributed by atoms with Crippen molar-refractivity contribution in [2.24, 2.45) is 0 Å². The molecule has 1 aromatic carbocycles. The number of benzene rings is 1. The minimum Gasteiger partial charge on any atom is -0.497 e. The second-order valence-electron chi connectivity index (χ2n) is 7.68. The molecule has 2 N–H and O–H groups in total. The molecule has 0 saturated carbocycles. The van der Waals surface area contributed by atoms with Gasteiger partial charge in [-0.1, -0.05) is 0 Å². The molecule has 7 heteroatoms. The number of imidazole rings is 1. The maximum absolute atomic E-state index is 9.35. The van der Waals surface area contributed by atoms with Crippen molar-refractivity contribution in [3.05, 3.63) is 53.7 Å². The number of ether oxygens (including phenoxy) is 1. The van der Waals surface area contributed by atoms with Gasteiger partial charge >= 0.3 is 0 Å². The molecule has 1 saturated heterocycles. The van der Waals surface area contributed by atoms with E-state index in [0.717, 1.165) is 61.0 Å². The molecule has 7 nitrogen and oxygen atoms in total. The summed E-state index contributed by atoms with van der Waals surface area (Å²) in [5.74, 6) is 2.43. The number of aliphatic hydroxyl groups excluding tert-OH is 1. The molecule has 154 valence electrons. The zero-order chi connectivity index (χ0) is 20.2. The van der Waals surface area contributed by atoms with Crippen LogP contribution in [-0.2, 0) is 13.1 Å². The average molecular weight is 396 g/mol. The maximum Gasteiger partial charge on any atom is 0.118 e. The molecule has 2 aromatic heterocycles. The van der Waals surface area contributed by atoms with Crippen molar-refractivity contribution in [3.8, 4) is 17.0 Å². The van der Waals surface area contributed by atoms with Crippen molar-refractivity contribution >= 4 is 0 Å². The zero-order valence-corrected chi connectivity index (χ0v) is 17.1. The van der Waals surface area contributed by atoms with E-state index < -0.39 is 0 Å². The van der Waals surface area contributed by atoms with Gasteiger partial charge in [0.1, 0.15) is 11.6 Å². The van der Waals surface area contributed by atoms with E-state index in [1.165, 1.54) is 5.56 Å². The lowest BCUT2D eigenvalue weighted by Crippen LogP contribution is -2.33. The number of aliphatic hydroxyl groups is 1. The first kappa shape index (κ1) is 19.7. The Morgan fingerprint density at radius 2 is 1.93 bits per heavy atom. The summed E-state index contributed by atoms with van der Waals surface area (Å²) in [5, 5.41) is 16.8. The second kappa shape index (κ2) is 8.80. The summed E-state index contributed by atoms with van der Waals surface area (Å²) in [6, 6.07) is 8.07. The van der Waals surface area contributed by atoms with Gasteiger partial charge in [-0.15, -0.1) is 0 Å². The van der Waals surface area contributed by atoms with E-state index in [1.807, 2.05) is 24.5 Å². The van der Waals surface area contributed by atoms with E-state index in [1.54, 1.807) is 7.11 Å². The van der Waals surface area contributed by atoms with E-state index in [0.29, 0.717) is 12.5 Å². The number of nitrogens with one attached hydrogen (secondary N) is 1. The Morgan fingerprint density at radius 1 is 1.17 bits per heavy atom. The van der Waals surface area contributed by atoms with Crippen LogP contribution in [0, 0.1) is 6.92 Å². The predicted octanol–water partition coefficient (Wildman–Crippen LogP) is 2.96. The van der Waals surface area contributed by atoms with Crippen LogP contribution in [0.25, 0.3) is 11.3 Å². The van der Waals surface area contributed by atoms with Crippen LogP contribution < -0.4 is 4.74 Å². The van der Waals surface area contributed by atoms with Gasteiger partial charge in [-0.2, -0.15) is 5.10 Å². The molecule has 29 heavy (non-hydrogen) atoms. The lowest BCUT2D eigenvalue weighted by atomic mass is 9.95. The Bertz CT molecular complexity index is 923. The third kappa shape index (κ3) is 4.21. The lowest BCUT2D eigenvalue weighted by molar-refractivity contribution is 0.198. The number of hydrogen-bond donors (Lipinski definition) is 2. The van der Waals surface area contributed by atoms with Crippen LogP contribution in [-0.4, -0.2) is 56.6 Å². The summed E-state index contributed by atoms with van der Waals surface area (Å²) in [4.78, 5) is 7.12. The summed E-state index contributed by atoms with van der Waals surface area (Å²) in [5.41, 5.74) is 4.53. The monoisotopic (exact) mass is 395 g/mol. The number of nitrogens with zero attached hydrogens (tertiary/aromatic N) is 4. The quantitative estimate of drug-likeness (QED) is 0.643. The van der Waals surface area contributed by atoms with Gasteiger partial charge in [0, 0.05) is 42.0 Å². The number of rotatable bonds is 7. The molecule has 0 radical (unpaired) electrons. The number of methoxy groups -OCH3 is 1. The van der Waals surface area contributed by atoms with E-state index in [4.69, 9.17) is 4.74 Å². The zero-order valence-electron chi connectivity index (χ0n) is 17.1. The molecular formula is C22H29N5O2. The van der Waals surface area contributed by atoms with Crippen LogP contribution in [0.4, 0.5) is 0 Å². The average Bonchev–Trinajstić information content (AvgIpc) is 3.36. The number of likely N-dealkylation sites (tertiary alicyclic amines) is 1. The fourth-order valence-electron chi connectivity index (χ4n) is 4.23. The van der Waals surface area contributed by atoms with E-state index in [9.17, 15) is 5.11 Å². The molecule has 0 atom stereocenters. The minimum absolute atomic E-state index is 0.150. The largest absolute Gasteiger partial charge is 0.497 e. The van der Waals surface area contributed by atoms with Crippen molar-refractivity contribution in [3.63, 3.8) is 0 Å². The first-order valence-electron chi connectivity index (χ1n) is 10.2. The third-order valence-corrected chi connectivity index (χ3v) is 5.85. The van der Waals surface area contributed by atoms with Crippen molar-refractivity contribution in [1.82, 2.24) is 24.6 Å². The first-order chi connectivity index (χ1) is 14.2. The second-order valence-corrected chi connectivity index (χ2v) is 7.68. The third-order valence-electron chi connectivity index (χ3n) is 5.85. The van der Waals surface area contributed by atoms with Gasteiger partial charge in [0.05, 0.1) is 25.6 Å². The van der Waals surface area contributed by atoms with Crippen molar-refractivity contribution in [2.45, 2.75) is 38.8 Å². The van der Waals surface area contributed by atoms with Gasteiger partial charge in [0.15, 0.2) is 0 Å². The van der Waals surface area contributed by atoms with Crippen LogP contribution in [0.3, 0.4) is 0 Å². The molecule has 4 rings (SSSR count). The summed E-state index contributed by atoms with van der Waals surface area (Å²) < 4.78 is 7.42. The van der Waals surface area contributed by atoms with Crippen molar-refractivity contribution in [1.29, 1.82) is 0 Å². The van der Waals surface area contributed by atoms with Gasteiger partial charge in [0.2, 0.25) is 0 Å². The number of piperidine rings is 1. The maximum atomic E-state index is 9.35. The van der Waals surface area contributed by atoms with Gasteiger partial charge in [0.25, 0.3) is 0 Å². The van der Waals surface area contributed by atoms with Crippen LogP contribution in [0.15, 0.2) is 36.7 Å². The number of aromatic amines is 1. The SMILES string of the molecule is COc1ccc(-c2[nH]ncc2CN2CCC(c3ncc(C)n3CCO)CC2)cc1. The smallest absolute Gasteiger partial charge is 0.118 e. The van der Waals surface area contributed by atoms with Crippen LogP contribution in [0.5, 0.6) is 5.75 Å². The summed E-state index contributed by atoms with van der Waals surface area (Å²) >= 11 is 0. The van der Waals surface area contributed by atoms with Gasteiger partial charge < -0.3 is 14.4 Å². The van der Waals surface area contributed by atoms with Crippen LogP contribution in [0.1, 0.15) is 35.8 Å². The molecule has 0 spiro atoms. The standard InChI is InChI=1S/C22H29N5O2/c1-16-13-23-22(27(16)11-12-28)18-7-9-26(10-8-18)15-19-14-24-25-21(19)17-3-5-20(29-2)6-4-17/h3-6,13-14,18,28H,7-12,15H2,1-2H3,(H,24,25). The highest BCUT2D eigenvalue weighted by atomic mass is 16.5. The normalized spacial score (nSPS) is 15.7. The number of aromatic nitrogens is 4. The molecule has 3 heterocycles. The molecule has 0 unspecified atom stereocenters. The molecular weight excluding hydrogens is 366 g/mol. The summed E-state index contributed by atoms with van der Waals surface area (Å²) in [7, 11) is 1.68. The Hall–Kier alpha value is -2.64. The summed E-state index contributed by atoms with van der Waals surface area (Å²) in [6.45, 7) is 5.78. The topological polar surface area (TPSA) is 79.2 Å². The van der Waals surface area contributed by atoms with E-state index in [2.05, 4.69) is 43.7 Å². The molecule has 1 aliphatic heterocycles. The Kier molecular flexibility index (Phi) is 5.97. The van der Waals surface area contributed by atoms with E-state index in [-0.39, 0.29) is 6.61 Å². The van der Waals surface area contributed by atoms with E-state index >= 15 is 0 Å². The molecule has 0 bridgehead atoms. The van der Waals surface area contributed by atoms with Crippen molar-refractivity contribution < 1.29 is 9.84 Å². The Labute approximate surface area is 171 Å². The molecule has 0 amide bonds. The fraction of sp³-hybridized carbons (Fsp3) is 0.455. The first-order valence-corrected chi connectivity index (χ1v) is 10.2. The number of aryl methyl sites for hydroxylation is 1. The number of hydrogen-bond acceptors (Lipinski definition) is 5. The summed E-state index contributed by atoms with van der Waals surface area (Å²) in [6.07, 6.45) is 6.02. The molecule has 0 aliphatic carbocycles. The van der Waals surface area contributed by atoms with Crippen LogP contribution in [0.2, 0.25) is 0 Å². The minimum atomic E-state index is 0.150.